The molecule has 0 aliphatic heterocycles. The lowest BCUT2D eigenvalue weighted by atomic mass is 9.84. The van der Waals surface area contributed by atoms with E-state index in [4.69, 9.17) is 0 Å². The van der Waals surface area contributed by atoms with Crippen LogP contribution in [0.2, 0.25) is 0 Å². The first-order chi connectivity index (χ1) is 4.74. The molecule has 0 saturated carbocycles. The fourth-order valence-electron chi connectivity index (χ4n) is 0.958. The van der Waals surface area contributed by atoms with E-state index in [0.717, 1.165) is 17.3 Å². The highest BCUT2D eigenvalue weighted by Crippen LogP contribution is 1.85. The van der Waals surface area contributed by atoms with Gasteiger partial charge in [-0.1, -0.05) is 29.1 Å². The fourth-order valence-corrected chi connectivity index (χ4v) is 0.958. The van der Waals surface area contributed by atoms with E-state index in [1.165, 1.54) is 5.46 Å². The molecule has 1 rings (SSSR count). The first-order valence-corrected chi connectivity index (χ1v) is 3.26. The van der Waals surface area contributed by atoms with Crippen LogP contribution in [0.15, 0.2) is 18.2 Å². The van der Waals surface area contributed by atoms with Gasteiger partial charge in [0.25, 0.3) is 0 Å². The van der Waals surface area contributed by atoms with E-state index in [0.29, 0.717) is 0 Å². The van der Waals surface area contributed by atoms with Crippen LogP contribution in [-0.4, -0.2) is 22.0 Å². The molecular weight excluding hydrogens is 122 g/mol. The van der Waals surface area contributed by atoms with Gasteiger partial charge in [-0.25, -0.2) is 0 Å². The van der Waals surface area contributed by atoms with Gasteiger partial charge in [0.1, 0.15) is 22.0 Å². The maximum atomic E-state index is 10.3. The van der Waals surface area contributed by atoms with E-state index < -0.39 is 0 Å². The Morgan fingerprint density at radius 2 is 2.00 bits per heavy atom. The van der Waals surface area contributed by atoms with E-state index in [2.05, 4.69) is 0 Å². The van der Waals surface area contributed by atoms with Gasteiger partial charge < -0.3 is 0 Å². The predicted molar refractivity (Wildman–Crippen MR) is 48.2 cm³/mol. The molecule has 0 atom stereocenters. The number of aldehydes is 1. The van der Waals surface area contributed by atoms with Crippen LogP contribution in [-0.2, 0) is 0 Å². The Kier molecular flexibility index (Phi) is 1.95. The third-order valence-electron chi connectivity index (χ3n) is 1.55. The number of hydrogen-bond acceptors (Lipinski definition) is 1. The van der Waals surface area contributed by atoms with E-state index in [1.807, 2.05) is 33.9 Å². The summed E-state index contributed by atoms with van der Waals surface area (Å²) in [5.41, 5.74) is 3.03. The van der Waals surface area contributed by atoms with Gasteiger partial charge in [0, 0.05) is 5.56 Å². The summed E-state index contributed by atoms with van der Waals surface area (Å²) < 4.78 is 0. The number of rotatable bonds is 1. The molecule has 3 heteroatoms. The molecule has 48 valence electrons. The van der Waals surface area contributed by atoms with E-state index in [-0.39, 0.29) is 0 Å². The van der Waals surface area contributed by atoms with Gasteiger partial charge in [0.15, 0.2) is 0 Å². The van der Waals surface area contributed by atoms with Crippen molar-refractivity contribution in [1.82, 2.24) is 0 Å². The van der Waals surface area contributed by atoms with Crippen molar-refractivity contribution in [2.24, 2.45) is 0 Å². The van der Waals surface area contributed by atoms with Gasteiger partial charge in [0.05, 0.1) is 0 Å². The molecule has 10 heavy (non-hydrogen) atoms. The number of carbonyl (C=O) groups excluding carboxylic acids is 1. The average Bonchev–Trinajstić information content (AvgIpc) is 1.88. The van der Waals surface area contributed by atoms with Crippen molar-refractivity contribution in [3.8, 4) is 0 Å². The van der Waals surface area contributed by atoms with Crippen LogP contribution in [0.3, 0.4) is 0 Å². The Hall–Kier alpha value is -0.980. The SMILES string of the molecule is Bc1ccc(C=O)c(B)c1. The highest BCUT2D eigenvalue weighted by Gasteiger charge is 1.93. The van der Waals surface area contributed by atoms with Crippen molar-refractivity contribution in [2.45, 2.75) is 0 Å². The summed E-state index contributed by atoms with van der Waals surface area (Å²) in [6, 6.07) is 5.79. The second kappa shape index (κ2) is 2.74. The topological polar surface area (TPSA) is 17.1 Å². The van der Waals surface area contributed by atoms with Crippen LogP contribution in [0.25, 0.3) is 0 Å². The number of carbonyl (C=O) groups is 1. The third kappa shape index (κ3) is 1.29. The molecule has 0 radical (unpaired) electrons. The Bertz CT molecular complexity index is 258. The fraction of sp³-hybridized carbons (Fsp3) is 0. The van der Waals surface area contributed by atoms with Gasteiger partial charge >= 0.3 is 0 Å². The Balaban J connectivity index is 3.19. The second-order valence-electron chi connectivity index (χ2n) is 2.48. The molecule has 1 aromatic rings. The normalized spacial score (nSPS) is 9.20. The number of hydrogen-bond donors (Lipinski definition) is 0. The molecule has 0 aliphatic carbocycles. The van der Waals surface area contributed by atoms with Crippen LogP contribution < -0.4 is 10.9 Å². The van der Waals surface area contributed by atoms with Gasteiger partial charge in [-0.2, -0.15) is 0 Å². The second-order valence-corrected chi connectivity index (χ2v) is 2.48. The molecule has 1 nitrogen and oxygen atoms in total. The summed E-state index contributed by atoms with van der Waals surface area (Å²) >= 11 is 0. The third-order valence-corrected chi connectivity index (χ3v) is 1.55. The summed E-state index contributed by atoms with van der Waals surface area (Å²) in [7, 11) is 3.96. The van der Waals surface area contributed by atoms with Crippen LogP contribution in [0.1, 0.15) is 10.4 Å². The Labute approximate surface area is 62.3 Å². The molecule has 0 aliphatic rings. The Morgan fingerprint density at radius 3 is 2.50 bits per heavy atom. The van der Waals surface area contributed by atoms with Gasteiger partial charge in [0.2, 0.25) is 0 Å². The monoisotopic (exact) mass is 130 g/mol. The minimum atomic E-state index is 0.783. The molecule has 0 amide bonds. The van der Waals surface area contributed by atoms with Crippen molar-refractivity contribution in [3.05, 3.63) is 23.8 Å². The lowest BCUT2D eigenvalue weighted by Gasteiger charge is -1.97. The van der Waals surface area contributed by atoms with Gasteiger partial charge in [-0.3, -0.25) is 4.79 Å². The van der Waals surface area contributed by atoms with Crippen molar-refractivity contribution >= 4 is 32.9 Å². The molecule has 1 aromatic carbocycles. The van der Waals surface area contributed by atoms with Gasteiger partial charge in [-0.05, 0) is 0 Å². The molecule has 0 unspecified atom stereocenters. The predicted octanol–water partition coefficient (Wildman–Crippen LogP) is -1.98. The molecule has 0 bridgehead atoms. The van der Waals surface area contributed by atoms with Crippen LogP contribution in [0, 0.1) is 0 Å². The summed E-state index contributed by atoms with van der Waals surface area (Å²) in [5.74, 6) is 0. The zero-order chi connectivity index (χ0) is 7.56. The van der Waals surface area contributed by atoms with Crippen molar-refractivity contribution in [2.75, 3.05) is 0 Å². The lowest BCUT2D eigenvalue weighted by Crippen LogP contribution is -2.16. The smallest absolute Gasteiger partial charge is 0.149 e. The van der Waals surface area contributed by atoms with Crippen LogP contribution in [0.5, 0.6) is 0 Å². The maximum absolute atomic E-state index is 10.3. The summed E-state index contributed by atoms with van der Waals surface area (Å²) in [5, 5.41) is 0. The zero-order valence-corrected chi connectivity index (χ0v) is 6.22. The van der Waals surface area contributed by atoms with E-state index in [1.54, 1.807) is 0 Å². The summed E-state index contributed by atoms with van der Waals surface area (Å²) in [6.45, 7) is 0. The first kappa shape index (κ1) is 7.13. The Morgan fingerprint density at radius 1 is 1.30 bits per heavy atom. The maximum Gasteiger partial charge on any atom is 0.149 e. The quantitative estimate of drug-likeness (QED) is 0.317. The zero-order valence-electron chi connectivity index (χ0n) is 6.22. The van der Waals surface area contributed by atoms with Crippen LogP contribution in [0.4, 0.5) is 0 Å². The van der Waals surface area contributed by atoms with Crippen molar-refractivity contribution in [3.63, 3.8) is 0 Å². The summed E-state index contributed by atoms with van der Waals surface area (Å²) in [6.07, 6.45) is 0.884. The molecule has 0 saturated heterocycles. The van der Waals surface area contributed by atoms with Crippen LogP contribution >= 0.6 is 0 Å². The molecule has 0 heterocycles. The molecular formula is C7H8B2O. The molecule has 0 N–H and O–H groups in total. The highest BCUT2D eigenvalue weighted by atomic mass is 16.1. The largest absolute Gasteiger partial charge is 0.298 e. The molecule has 0 fully saturated rings. The minimum Gasteiger partial charge on any atom is -0.298 e. The van der Waals surface area contributed by atoms with Crippen molar-refractivity contribution in [1.29, 1.82) is 0 Å². The van der Waals surface area contributed by atoms with E-state index in [9.17, 15) is 4.79 Å². The van der Waals surface area contributed by atoms with Gasteiger partial charge in [-0.15, -0.1) is 0 Å². The molecule has 0 spiro atoms. The van der Waals surface area contributed by atoms with Crippen molar-refractivity contribution < 1.29 is 4.79 Å². The summed E-state index contributed by atoms with van der Waals surface area (Å²) in [4.78, 5) is 10.3. The van der Waals surface area contributed by atoms with E-state index >= 15 is 0 Å². The highest BCUT2D eigenvalue weighted by molar-refractivity contribution is 6.39. The average molecular weight is 130 g/mol. The molecule has 0 aromatic heterocycles. The number of benzene rings is 1. The lowest BCUT2D eigenvalue weighted by molar-refractivity contribution is 0.112. The standard InChI is InChI=1S/C7H8B2O/c8-6-2-1-5(4-10)7(9)3-6/h1-4H,8-9H2. The minimum absolute atomic E-state index is 0.783. The first-order valence-electron chi connectivity index (χ1n) is 3.26.